The van der Waals surface area contributed by atoms with Crippen LogP contribution in [-0.4, -0.2) is 34.2 Å². The summed E-state index contributed by atoms with van der Waals surface area (Å²) in [6, 6.07) is 7.25. The minimum Gasteiger partial charge on any atom is -0.280 e. The molecule has 10 heteroatoms. The van der Waals surface area contributed by atoms with E-state index in [2.05, 4.69) is 4.72 Å². The lowest BCUT2D eigenvalue weighted by molar-refractivity contribution is 0.222. The van der Waals surface area contributed by atoms with Crippen molar-refractivity contribution in [3.05, 3.63) is 54.1 Å². The summed E-state index contributed by atoms with van der Waals surface area (Å²) in [5, 5.41) is 0. The standard InChI is InChI=1S/C19H22F2N2O4S2/c1-13-9-14(2)12-23(11-13)29(26,27)17-6-4-16(5-7-17)22-28(24,25)19-10-15(20)3-8-18(19)21/h3-8,10,13-14,22H,9,11-12H2,1-2H3/t13-,14-/m0/s1. The van der Waals surface area contributed by atoms with Crippen LogP contribution in [0.3, 0.4) is 0 Å². The van der Waals surface area contributed by atoms with Crippen LogP contribution in [0.15, 0.2) is 52.3 Å². The number of nitrogens with zero attached hydrogens (tertiary/aromatic N) is 1. The molecule has 0 aliphatic carbocycles. The number of nitrogens with one attached hydrogen (secondary N) is 1. The van der Waals surface area contributed by atoms with Gasteiger partial charge in [-0.3, -0.25) is 4.72 Å². The summed E-state index contributed by atoms with van der Waals surface area (Å²) < 4.78 is 81.1. The molecule has 2 aromatic carbocycles. The Labute approximate surface area is 169 Å². The van der Waals surface area contributed by atoms with Crippen LogP contribution in [0.25, 0.3) is 0 Å². The molecule has 1 fully saturated rings. The molecule has 0 saturated carbocycles. The van der Waals surface area contributed by atoms with E-state index in [1.54, 1.807) is 0 Å². The quantitative estimate of drug-likeness (QED) is 0.766. The van der Waals surface area contributed by atoms with Crippen LogP contribution in [0.5, 0.6) is 0 Å². The normalized spacial score (nSPS) is 21.1. The zero-order valence-electron chi connectivity index (χ0n) is 16.0. The van der Waals surface area contributed by atoms with Crippen LogP contribution in [-0.2, 0) is 20.0 Å². The molecule has 1 heterocycles. The van der Waals surface area contributed by atoms with E-state index in [0.29, 0.717) is 19.2 Å². The highest BCUT2D eigenvalue weighted by molar-refractivity contribution is 7.92. The van der Waals surface area contributed by atoms with E-state index >= 15 is 0 Å². The first kappa shape index (κ1) is 21.7. The summed E-state index contributed by atoms with van der Waals surface area (Å²) >= 11 is 0. The number of sulfonamides is 2. The van der Waals surface area contributed by atoms with E-state index in [0.717, 1.165) is 18.6 Å². The highest BCUT2D eigenvalue weighted by Crippen LogP contribution is 2.28. The van der Waals surface area contributed by atoms with Gasteiger partial charge in [0.15, 0.2) is 0 Å². The molecule has 1 aliphatic heterocycles. The Morgan fingerprint density at radius 3 is 2.10 bits per heavy atom. The molecular formula is C19H22F2N2O4S2. The van der Waals surface area contributed by atoms with Gasteiger partial charge >= 0.3 is 0 Å². The zero-order valence-corrected chi connectivity index (χ0v) is 17.6. The molecule has 1 saturated heterocycles. The number of halogens is 2. The van der Waals surface area contributed by atoms with Gasteiger partial charge in [-0.2, -0.15) is 4.31 Å². The Morgan fingerprint density at radius 2 is 1.52 bits per heavy atom. The SMILES string of the molecule is C[C@H]1C[C@H](C)CN(S(=O)(=O)c2ccc(NS(=O)(=O)c3cc(F)ccc3F)cc2)C1. The van der Waals surface area contributed by atoms with Crippen molar-refractivity contribution >= 4 is 25.7 Å². The van der Waals surface area contributed by atoms with Crippen LogP contribution in [0.2, 0.25) is 0 Å². The smallest absolute Gasteiger partial charge is 0.264 e. The fraction of sp³-hybridized carbons (Fsp3) is 0.368. The lowest BCUT2D eigenvalue weighted by atomic mass is 9.94. The molecule has 0 aromatic heterocycles. The molecule has 0 radical (unpaired) electrons. The molecule has 0 spiro atoms. The Balaban J connectivity index is 1.82. The number of anilines is 1. The van der Waals surface area contributed by atoms with E-state index in [1.807, 2.05) is 13.8 Å². The summed E-state index contributed by atoms with van der Waals surface area (Å²) in [4.78, 5) is -0.788. The van der Waals surface area contributed by atoms with Gasteiger partial charge in [0.05, 0.1) is 4.90 Å². The maximum absolute atomic E-state index is 13.8. The molecule has 1 N–H and O–H groups in total. The number of hydrogen-bond donors (Lipinski definition) is 1. The third-order valence-electron chi connectivity index (χ3n) is 4.76. The fourth-order valence-corrected chi connectivity index (χ4v) is 6.37. The second-order valence-electron chi connectivity index (χ2n) is 7.47. The molecule has 2 aromatic rings. The monoisotopic (exact) mass is 444 g/mol. The number of rotatable bonds is 5. The molecule has 0 bridgehead atoms. The van der Waals surface area contributed by atoms with Gasteiger partial charge < -0.3 is 0 Å². The van der Waals surface area contributed by atoms with E-state index in [9.17, 15) is 25.6 Å². The largest absolute Gasteiger partial charge is 0.280 e. The minimum atomic E-state index is -4.37. The van der Waals surface area contributed by atoms with E-state index in [4.69, 9.17) is 0 Å². The van der Waals surface area contributed by atoms with Gasteiger partial charge in [0.2, 0.25) is 10.0 Å². The van der Waals surface area contributed by atoms with Gasteiger partial charge in [0.1, 0.15) is 16.5 Å². The van der Waals surface area contributed by atoms with Crippen molar-refractivity contribution in [1.82, 2.24) is 4.31 Å². The summed E-state index contributed by atoms with van der Waals surface area (Å²) in [5.74, 6) is -1.48. The van der Waals surface area contributed by atoms with E-state index in [1.165, 1.54) is 28.6 Å². The van der Waals surface area contributed by atoms with Crippen molar-refractivity contribution in [2.45, 2.75) is 30.1 Å². The second kappa shape index (κ2) is 8.00. The maximum atomic E-state index is 13.8. The van der Waals surface area contributed by atoms with Gasteiger partial charge in [-0.15, -0.1) is 0 Å². The predicted octanol–water partition coefficient (Wildman–Crippen LogP) is 3.43. The summed E-state index contributed by atoms with van der Waals surface area (Å²) in [5.41, 5.74) is 0.0352. The first-order chi connectivity index (χ1) is 13.5. The molecule has 0 unspecified atom stereocenters. The van der Waals surface area contributed by atoms with Gasteiger partial charge in [-0.05, 0) is 60.7 Å². The highest BCUT2D eigenvalue weighted by Gasteiger charge is 2.31. The summed E-state index contributed by atoms with van der Waals surface area (Å²) in [7, 11) is -8.08. The maximum Gasteiger partial charge on any atom is 0.264 e. The minimum absolute atomic E-state index is 0.0352. The molecule has 3 rings (SSSR count). The number of benzene rings is 2. The third-order valence-corrected chi connectivity index (χ3v) is 8.00. The molecule has 1 aliphatic rings. The van der Waals surface area contributed by atoms with Crippen molar-refractivity contribution < 1.29 is 25.6 Å². The van der Waals surface area contributed by atoms with Gasteiger partial charge in [0, 0.05) is 18.8 Å². The third kappa shape index (κ3) is 4.76. The Morgan fingerprint density at radius 1 is 0.931 bits per heavy atom. The fourth-order valence-electron chi connectivity index (χ4n) is 3.54. The first-order valence-electron chi connectivity index (χ1n) is 9.07. The van der Waals surface area contributed by atoms with Crippen molar-refractivity contribution in [3.63, 3.8) is 0 Å². The van der Waals surface area contributed by atoms with Crippen LogP contribution in [0.4, 0.5) is 14.5 Å². The lowest BCUT2D eigenvalue weighted by Crippen LogP contribution is -2.42. The predicted molar refractivity (Wildman–Crippen MR) is 105 cm³/mol. The molecule has 6 nitrogen and oxygen atoms in total. The van der Waals surface area contributed by atoms with E-state index < -0.39 is 36.6 Å². The number of hydrogen-bond acceptors (Lipinski definition) is 4. The topological polar surface area (TPSA) is 83.6 Å². The van der Waals surface area contributed by atoms with Crippen molar-refractivity contribution in [3.8, 4) is 0 Å². The van der Waals surface area contributed by atoms with Gasteiger partial charge in [-0.1, -0.05) is 13.8 Å². The van der Waals surface area contributed by atoms with Gasteiger partial charge in [0.25, 0.3) is 10.0 Å². The molecule has 29 heavy (non-hydrogen) atoms. The second-order valence-corrected chi connectivity index (χ2v) is 11.1. The number of piperidine rings is 1. The molecule has 158 valence electrons. The van der Waals surface area contributed by atoms with Crippen LogP contribution in [0, 0.1) is 23.5 Å². The highest BCUT2D eigenvalue weighted by atomic mass is 32.2. The molecule has 0 amide bonds. The van der Waals surface area contributed by atoms with E-state index in [-0.39, 0.29) is 22.4 Å². The average Bonchev–Trinajstić information content (AvgIpc) is 2.63. The van der Waals surface area contributed by atoms with Crippen molar-refractivity contribution in [1.29, 1.82) is 0 Å². The van der Waals surface area contributed by atoms with Crippen LogP contribution >= 0.6 is 0 Å². The Kier molecular flexibility index (Phi) is 5.98. The Bertz CT molecular complexity index is 1090. The summed E-state index contributed by atoms with van der Waals surface area (Å²) in [6.07, 6.45) is 0.962. The zero-order chi connectivity index (χ0) is 21.4. The molecular weight excluding hydrogens is 422 g/mol. The lowest BCUT2D eigenvalue weighted by Gasteiger charge is -2.34. The van der Waals surface area contributed by atoms with Crippen molar-refractivity contribution in [2.24, 2.45) is 11.8 Å². The van der Waals surface area contributed by atoms with Crippen LogP contribution in [0.1, 0.15) is 20.3 Å². The Hall–Kier alpha value is -2.04. The van der Waals surface area contributed by atoms with Gasteiger partial charge in [-0.25, -0.2) is 25.6 Å². The van der Waals surface area contributed by atoms with Crippen LogP contribution < -0.4 is 4.72 Å². The molecule has 2 atom stereocenters. The van der Waals surface area contributed by atoms with Crippen molar-refractivity contribution in [2.75, 3.05) is 17.8 Å². The first-order valence-corrected chi connectivity index (χ1v) is 12.0. The average molecular weight is 445 g/mol. The summed E-state index contributed by atoms with van der Waals surface area (Å²) in [6.45, 7) is 4.86.